The Kier molecular flexibility index (Phi) is 7.51. The lowest BCUT2D eigenvalue weighted by atomic mass is 10.2. The summed E-state index contributed by atoms with van der Waals surface area (Å²) in [7, 11) is -6.80. The number of carbonyl (C=O) groups is 2. The molecule has 1 amide bonds. The Bertz CT molecular complexity index is 1840. The maximum Gasteiger partial charge on any atom is 0.325 e. The molecular weight excluding hydrogens is 552 g/mol. The summed E-state index contributed by atoms with van der Waals surface area (Å²) in [5.74, 6) is -1.41. The fourth-order valence-corrected chi connectivity index (χ4v) is 6.25. The van der Waals surface area contributed by atoms with E-state index in [1.54, 1.807) is 24.3 Å². The van der Waals surface area contributed by atoms with Gasteiger partial charge in [0.2, 0.25) is 10.0 Å². The van der Waals surface area contributed by atoms with Crippen molar-refractivity contribution in [3.8, 4) is 0 Å². The summed E-state index contributed by atoms with van der Waals surface area (Å²) in [5.41, 5.74) is 1.29. The standard InChI is InChI=1S/C24H22N4O7S3/c1-15-7-9-16(10-8-15)38(33,34)27-19-6-4-3-5-18(19)23(30)26-24-28(14-22(29)35-2)20-12-11-17(37(25,31)32)13-21(20)36-24/h3-13,27H,14H2,1-2H3,(H2,25,31,32). The number of nitrogens with zero attached hydrogens (tertiary/aromatic N) is 2. The second-order valence-electron chi connectivity index (χ2n) is 8.10. The zero-order valence-electron chi connectivity index (χ0n) is 20.1. The first-order valence-electron chi connectivity index (χ1n) is 10.9. The van der Waals surface area contributed by atoms with Gasteiger partial charge in [-0.1, -0.05) is 41.2 Å². The molecule has 3 N–H and O–H groups in total. The van der Waals surface area contributed by atoms with Gasteiger partial charge in [-0.2, -0.15) is 4.99 Å². The number of amides is 1. The lowest BCUT2D eigenvalue weighted by molar-refractivity contribution is -0.141. The molecule has 4 rings (SSSR count). The maximum atomic E-state index is 13.3. The lowest BCUT2D eigenvalue weighted by Crippen LogP contribution is -2.23. The first-order valence-corrected chi connectivity index (χ1v) is 14.7. The number of rotatable bonds is 7. The average Bonchev–Trinajstić information content (AvgIpc) is 3.19. The third kappa shape index (κ3) is 5.83. The van der Waals surface area contributed by atoms with Crippen LogP contribution in [-0.2, 0) is 36.1 Å². The number of hydrogen-bond acceptors (Lipinski definition) is 8. The minimum absolute atomic E-state index is 0.0129. The van der Waals surface area contributed by atoms with Crippen LogP contribution in [0.25, 0.3) is 10.2 Å². The predicted octanol–water partition coefficient (Wildman–Crippen LogP) is 2.37. The fraction of sp³-hybridized carbons (Fsp3) is 0.125. The number of carbonyl (C=O) groups excluding carboxylic acids is 2. The van der Waals surface area contributed by atoms with Crippen molar-refractivity contribution in [3.05, 3.63) is 82.7 Å². The average molecular weight is 575 g/mol. The van der Waals surface area contributed by atoms with Crippen LogP contribution >= 0.6 is 11.3 Å². The zero-order valence-corrected chi connectivity index (χ0v) is 22.6. The molecule has 0 saturated carbocycles. The second kappa shape index (κ2) is 10.5. The van der Waals surface area contributed by atoms with Gasteiger partial charge >= 0.3 is 5.97 Å². The lowest BCUT2D eigenvalue weighted by Gasteiger charge is -2.11. The van der Waals surface area contributed by atoms with Gasteiger partial charge in [0.05, 0.1) is 38.4 Å². The van der Waals surface area contributed by atoms with Crippen molar-refractivity contribution in [3.63, 3.8) is 0 Å². The Hall–Kier alpha value is -3.85. The number of aryl methyl sites for hydroxylation is 1. The number of hydrogen-bond donors (Lipinski definition) is 2. The number of nitrogens with one attached hydrogen (secondary N) is 1. The number of fused-ring (bicyclic) bond motifs is 1. The van der Waals surface area contributed by atoms with E-state index in [1.165, 1.54) is 54.1 Å². The number of nitrogens with two attached hydrogens (primary N) is 1. The van der Waals surface area contributed by atoms with Crippen molar-refractivity contribution < 1.29 is 31.2 Å². The molecule has 1 aromatic heterocycles. The molecule has 4 aromatic rings. The van der Waals surface area contributed by atoms with Gasteiger partial charge in [0.1, 0.15) is 6.54 Å². The SMILES string of the molecule is COC(=O)Cn1c(=NC(=O)c2ccccc2NS(=O)(=O)c2ccc(C)cc2)sc2cc(S(N)(=O)=O)ccc21. The smallest absolute Gasteiger partial charge is 0.325 e. The van der Waals surface area contributed by atoms with E-state index in [4.69, 9.17) is 9.88 Å². The Morgan fingerprint density at radius 1 is 1.00 bits per heavy atom. The van der Waals surface area contributed by atoms with Crippen LogP contribution in [0.5, 0.6) is 0 Å². The third-order valence-corrected chi connectivity index (χ3v) is 8.76. The monoisotopic (exact) mass is 574 g/mol. The highest BCUT2D eigenvalue weighted by atomic mass is 32.2. The molecule has 1 heterocycles. The Labute approximate surface area is 222 Å². The zero-order chi connectivity index (χ0) is 27.7. The molecule has 38 heavy (non-hydrogen) atoms. The van der Waals surface area contributed by atoms with Crippen LogP contribution in [0.4, 0.5) is 5.69 Å². The van der Waals surface area contributed by atoms with E-state index < -0.39 is 31.9 Å². The van der Waals surface area contributed by atoms with E-state index in [0.717, 1.165) is 16.9 Å². The summed E-state index contributed by atoms with van der Waals surface area (Å²) in [5, 5.41) is 5.23. The van der Waals surface area contributed by atoms with Crippen LogP contribution in [-0.4, -0.2) is 40.4 Å². The molecule has 0 spiro atoms. The molecule has 0 saturated heterocycles. The van der Waals surface area contributed by atoms with Crippen molar-refractivity contribution in [2.45, 2.75) is 23.3 Å². The number of methoxy groups -OCH3 is 1. The summed E-state index contributed by atoms with van der Waals surface area (Å²) in [6, 6.07) is 16.2. The molecular formula is C24H22N4O7S3. The fourth-order valence-electron chi connectivity index (χ4n) is 3.49. The minimum Gasteiger partial charge on any atom is -0.468 e. The van der Waals surface area contributed by atoms with E-state index in [0.29, 0.717) is 10.2 Å². The van der Waals surface area contributed by atoms with E-state index in [1.807, 2.05) is 6.92 Å². The summed E-state index contributed by atoms with van der Waals surface area (Å²) in [6.45, 7) is 1.52. The minimum atomic E-state index is -4.00. The third-order valence-electron chi connectivity index (χ3n) is 5.43. The van der Waals surface area contributed by atoms with Crippen LogP contribution in [0, 0.1) is 6.92 Å². The summed E-state index contributed by atoms with van der Waals surface area (Å²) < 4.78 is 58.4. The molecule has 0 aliphatic rings. The molecule has 0 bridgehead atoms. The normalized spacial score (nSPS) is 12.4. The first-order chi connectivity index (χ1) is 17.9. The molecule has 0 unspecified atom stereocenters. The van der Waals surface area contributed by atoms with Gasteiger partial charge in [0, 0.05) is 0 Å². The largest absolute Gasteiger partial charge is 0.468 e. The van der Waals surface area contributed by atoms with Gasteiger partial charge in [-0.25, -0.2) is 22.0 Å². The highest BCUT2D eigenvalue weighted by Crippen LogP contribution is 2.23. The number of ether oxygens (including phenoxy) is 1. The topological polar surface area (TPSA) is 167 Å². The molecule has 0 aliphatic carbocycles. The van der Waals surface area contributed by atoms with Crippen LogP contribution in [0.1, 0.15) is 15.9 Å². The van der Waals surface area contributed by atoms with Crippen LogP contribution < -0.4 is 14.7 Å². The van der Waals surface area contributed by atoms with Gasteiger partial charge < -0.3 is 9.30 Å². The summed E-state index contributed by atoms with van der Waals surface area (Å²) in [4.78, 5) is 29.4. The van der Waals surface area contributed by atoms with Crippen molar-refractivity contribution in [2.75, 3.05) is 11.8 Å². The molecule has 0 radical (unpaired) electrons. The molecule has 0 aliphatic heterocycles. The van der Waals surface area contributed by atoms with Gasteiger partial charge in [0.25, 0.3) is 15.9 Å². The van der Waals surface area contributed by atoms with Crippen molar-refractivity contribution >= 4 is 59.2 Å². The summed E-state index contributed by atoms with van der Waals surface area (Å²) in [6.07, 6.45) is 0. The van der Waals surface area contributed by atoms with Crippen molar-refractivity contribution in [1.29, 1.82) is 0 Å². The number of primary sulfonamides is 1. The molecule has 0 atom stereocenters. The van der Waals surface area contributed by atoms with E-state index in [2.05, 4.69) is 9.71 Å². The number of para-hydroxylation sites is 1. The van der Waals surface area contributed by atoms with Crippen molar-refractivity contribution in [1.82, 2.24) is 4.57 Å². The number of anilines is 1. The number of sulfonamides is 2. The number of thiazole rings is 1. The Morgan fingerprint density at radius 2 is 1.66 bits per heavy atom. The van der Waals surface area contributed by atoms with Gasteiger partial charge in [-0.05, 0) is 49.4 Å². The number of esters is 1. The molecule has 0 fully saturated rings. The maximum absolute atomic E-state index is 13.3. The van der Waals surface area contributed by atoms with Crippen LogP contribution in [0.2, 0.25) is 0 Å². The number of benzene rings is 3. The Balaban J connectivity index is 1.80. The predicted molar refractivity (Wildman–Crippen MR) is 142 cm³/mol. The quantitative estimate of drug-likeness (QED) is 0.320. The van der Waals surface area contributed by atoms with Gasteiger partial charge in [0.15, 0.2) is 4.80 Å². The van der Waals surface area contributed by atoms with Gasteiger partial charge in [-0.3, -0.25) is 14.3 Å². The van der Waals surface area contributed by atoms with E-state index >= 15 is 0 Å². The number of aromatic nitrogens is 1. The second-order valence-corrected chi connectivity index (χ2v) is 12.4. The summed E-state index contributed by atoms with van der Waals surface area (Å²) >= 11 is 0.956. The van der Waals surface area contributed by atoms with E-state index in [-0.39, 0.29) is 32.4 Å². The molecule has 3 aromatic carbocycles. The highest BCUT2D eigenvalue weighted by Gasteiger charge is 2.20. The molecule has 11 nitrogen and oxygen atoms in total. The van der Waals surface area contributed by atoms with Crippen LogP contribution in [0.15, 0.2) is 81.5 Å². The molecule has 14 heteroatoms. The highest BCUT2D eigenvalue weighted by molar-refractivity contribution is 7.92. The first kappa shape index (κ1) is 27.2. The van der Waals surface area contributed by atoms with Gasteiger partial charge in [-0.15, -0.1) is 0 Å². The molecule has 198 valence electrons. The van der Waals surface area contributed by atoms with Crippen LogP contribution in [0.3, 0.4) is 0 Å². The van der Waals surface area contributed by atoms with Crippen molar-refractivity contribution in [2.24, 2.45) is 10.1 Å². The Morgan fingerprint density at radius 3 is 2.32 bits per heavy atom. The van der Waals surface area contributed by atoms with E-state index in [9.17, 15) is 26.4 Å².